The number of ether oxygens (including phenoxy) is 1. The van der Waals surface area contributed by atoms with Crippen molar-refractivity contribution in [3.63, 3.8) is 0 Å². The molecule has 29 heavy (non-hydrogen) atoms. The van der Waals surface area contributed by atoms with E-state index in [1.165, 1.54) is 11.8 Å². The lowest BCUT2D eigenvalue weighted by Crippen LogP contribution is -2.19. The number of hydrogen-bond acceptors (Lipinski definition) is 5. The maximum Gasteiger partial charge on any atom is 0.242 e. The molecule has 3 aromatic rings. The summed E-state index contributed by atoms with van der Waals surface area (Å²) in [5.74, 6) is 1.29. The second-order valence-corrected chi connectivity index (χ2v) is 8.36. The summed E-state index contributed by atoms with van der Waals surface area (Å²) in [6, 6.07) is 15.3. The minimum Gasteiger partial charge on any atom is -0.495 e. The minimum absolute atomic E-state index is 0.148. The molecule has 0 radical (unpaired) electrons. The Bertz CT molecular complexity index is 1020. The number of rotatable bonds is 7. The van der Waals surface area contributed by atoms with Gasteiger partial charge in [-0.1, -0.05) is 53.7 Å². The van der Waals surface area contributed by atoms with Gasteiger partial charge in [0, 0.05) is 11.7 Å². The van der Waals surface area contributed by atoms with Crippen molar-refractivity contribution in [1.29, 1.82) is 0 Å². The lowest BCUT2D eigenvalue weighted by Gasteiger charge is -2.17. The predicted molar refractivity (Wildman–Crippen MR) is 115 cm³/mol. The van der Waals surface area contributed by atoms with Crippen LogP contribution in [0.2, 0.25) is 5.02 Å². The topological polar surface area (TPSA) is 69.0 Å². The molecule has 0 unspecified atom stereocenters. The largest absolute Gasteiger partial charge is 0.495 e. The number of carbonyl (C=O) groups is 1. The van der Waals surface area contributed by atoms with Gasteiger partial charge in [-0.05, 0) is 43.5 Å². The Kier molecular flexibility index (Phi) is 5.78. The van der Waals surface area contributed by atoms with Gasteiger partial charge in [0.15, 0.2) is 5.16 Å². The molecule has 6 nitrogen and oxygen atoms in total. The molecule has 0 saturated heterocycles. The number of aryl methyl sites for hydroxylation is 1. The molecule has 4 rings (SSSR count). The zero-order chi connectivity index (χ0) is 20.4. The number of nitrogens with one attached hydrogen (secondary N) is 1. The summed E-state index contributed by atoms with van der Waals surface area (Å²) in [7, 11) is 1.56. The normalized spacial score (nSPS) is 14.4. The molecule has 1 atom stereocenters. The summed E-state index contributed by atoms with van der Waals surface area (Å²) in [6.45, 7) is 1.95. The number of amides is 1. The highest BCUT2D eigenvalue weighted by atomic mass is 35.5. The molecule has 1 amide bonds. The van der Waals surface area contributed by atoms with E-state index >= 15 is 0 Å². The van der Waals surface area contributed by atoms with Gasteiger partial charge in [-0.2, -0.15) is 0 Å². The van der Waals surface area contributed by atoms with Gasteiger partial charge in [0.05, 0.1) is 12.1 Å². The maximum absolute atomic E-state index is 13.2. The van der Waals surface area contributed by atoms with Crippen molar-refractivity contribution in [2.24, 2.45) is 0 Å². The third-order valence-corrected chi connectivity index (χ3v) is 6.24. The number of thioether (sulfide) groups is 1. The molecule has 0 aliphatic heterocycles. The molecule has 0 spiro atoms. The molecule has 1 aliphatic carbocycles. The number of hydrogen-bond donors (Lipinski definition) is 1. The summed E-state index contributed by atoms with van der Waals surface area (Å²) in [4.78, 5) is 13.2. The lowest BCUT2D eigenvalue weighted by atomic mass is 10.1. The molecule has 150 valence electrons. The van der Waals surface area contributed by atoms with Crippen LogP contribution in [0.3, 0.4) is 0 Å². The second kappa shape index (κ2) is 8.47. The third kappa shape index (κ3) is 4.41. The fraction of sp³-hybridized carbons (Fsp3) is 0.286. The Balaban J connectivity index is 1.61. The number of carbonyl (C=O) groups excluding carboxylic acids is 1. The highest BCUT2D eigenvalue weighted by Gasteiger charge is 2.31. The highest BCUT2D eigenvalue weighted by molar-refractivity contribution is 8.00. The molecule has 2 aromatic carbocycles. The monoisotopic (exact) mass is 428 g/mol. The molecule has 1 aliphatic rings. The molecule has 1 N–H and O–H groups in total. The molecule has 1 fully saturated rings. The Morgan fingerprint density at radius 1 is 1.24 bits per heavy atom. The van der Waals surface area contributed by atoms with Crippen molar-refractivity contribution in [2.75, 3.05) is 12.4 Å². The number of benzene rings is 2. The van der Waals surface area contributed by atoms with Gasteiger partial charge in [0.25, 0.3) is 0 Å². The van der Waals surface area contributed by atoms with Crippen molar-refractivity contribution >= 4 is 35.0 Å². The number of nitrogens with zero attached hydrogens (tertiary/aromatic N) is 3. The number of anilines is 1. The van der Waals surface area contributed by atoms with E-state index in [0.29, 0.717) is 22.5 Å². The van der Waals surface area contributed by atoms with E-state index in [1.54, 1.807) is 25.3 Å². The SMILES string of the molecule is COc1ccc(NC(=O)[C@@H](Sc2nnc(C)n2C2CC2)c2ccccc2)cc1Cl. The van der Waals surface area contributed by atoms with Crippen LogP contribution in [0.5, 0.6) is 5.75 Å². The smallest absolute Gasteiger partial charge is 0.242 e. The van der Waals surface area contributed by atoms with E-state index < -0.39 is 5.25 Å². The second-order valence-electron chi connectivity index (χ2n) is 6.88. The van der Waals surface area contributed by atoms with E-state index in [2.05, 4.69) is 20.1 Å². The Labute approximate surface area is 178 Å². The Morgan fingerprint density at radius 3 is 2.66 bits per heavy atom. The van der Waals surface area contributed by atoms with Crippen LogP contribution in [-0.2, 0) is 4.79 Å². The molecule has 1 saturated carbocycles. The molecule has 1 aromatic heterocycles. The van der Waals surface area contributed by atoms with Crippen molar-refractivity contribution in [3.8, 4) is 5.75 Å². The lowest BCUT2D eigenvalue weighted by molar-refractivity contribution is -0.115. The average Bonchev–Trinajstić information content (AvgIpc) is 3.49. The first-order chi connectivity index (χ1) is 14.1. The molecular weight excluding hydrogens is 408 g/mol. The van der Waals surface area contributed by atoms with E-state index in [0.717, 1.165) is 29.4 Å². The molecule has 8 heteroatoms. The summed E-state index contributed by atoms with van der Waals surface area (Å²) in [6.07, 6.45) is 2.25. The summed E-state index contributed by atoms with van der Waals surface area (Å²) in [5, 5.41) is 12.3. The van der Waals surface area contributed by atoms with Gasteiger partial charge in [0.1, 0.15) is 16.8 Å². The van der Waals surface area contributed by atoms with E-state index in [-0.39, 0.29) is 5.91 Å². The third-order valence-electron chi connectivity index (χ3n) is 4.73. The van der Waals surface area contributed by atoms with Crippen LogP contribution in [-0.4, -0.2) is 27.8 Å². The Hall–Kier alpha value is -2.51. The molecule has 1 heterocycles. The minimum atomic E-state index is -0.474. The fourth-order valence-corrected chi connectivity index (χ4v) is 4.55. The zero-order valence-corrected chi connectivity index (χ0v) is 17.7. The summed E-state index contributed by atoms with van der Waals surface area (Å²) < 4.78 is 7.31. The summed E-state index contributed by atoms with van der Waals surface area (Å²) in [5.41, 5.74) is 1.51. The van der Waals surface area contributed by atoms with Crippen LogP contribution in [0.4, 0.5) is 5.69 Å². The van der Waals surface area contributed by atoms with Crippen LogP contribution < -0.4 is 10.1 Å². The number of aromatic nitrogens is 3. The van der Waals surface area contributed by atoms with Crippen LogP contribution in [0.25, 0.3) is 0 Å². The van der Waals surface area contributed by atoms with E-state index in [9.17, 15) is 4.79 Å². The predicted octanol–water partition coefficient (Wildman–Crippen LogP) is 5.06. The van der Waals surface area contributed by atoms with Gasteiger partial charge < -0.3 is 14.6 Å². The number of methoxy groups -OCH3 is 1. The van der Waals surface area contributed by atoms with Crippen LogP contribution in [0.1, 0.15) is 35.5 Å². The van der Waals surface area contributed by atoms with Crippen molar-refractivity contribution in [2.45, 2.75) is 36.2 Å². The van der Waals surface area contributed by atoms with Crippen LogP contribution in [0, 0.1) is 6.92 Å². The first kappa shape index (κ1) is 19.8. The average molecular weight is 429 g/mol. The van der Waals surface area contributed by atoms with Gasteiger partial charge >= 0.3 is 0 Å². The van der Waals surface area contributed by atoms with Crippen molar-refractivity contribution in [1.82, 2.24) is 14.8 Å². The van der Waals surface area contributed by atoms with Gasteiger partial charge in [-0.3, -0.25) is 4.79 Å². The number of halogens is 1. The maximum atomic E-state index is 13.2. The van der Waals surface area contributed by atoms with Crippen molar-refractivity contribution < 1.29 is 9.53 Å². The van der Waals surface area contributed by atoms with E-state index in [4.69, 9.17) is 16.3 Å². The van der Waals surface area contributed by atoms with Crippen LogP contribution >= 0.6 is 23.4 Å². The zero-order valence-electron chi connectivity index (χ0n) is 16.1. The van der Waals surface area contributed by atoms with Gasteiger partial charge in [-0.25, -0.2) is 0 Å². The van der Waals surface area contributed by atoms with Gasteiger partial charge in [-0.15, -0.1) is 10.2 Å². The van der Waals surface area contributed by atoms with Crippen molar-refractivity contribution in [3.05, 3.63) is 64.9 Å². The van der Waals surface area contributed by atoms with E-state index in [1.807, 2.05) is 37.3 Å². The summed E-state index contributed by atoms with van der Waals surface area (Å²) >= 11 is 7.62. The standard InChI is InChI=1S/C21H21ClN4O2S/c1-13-24-25-21(26(13)16-9-10-16)29-19(14-6-4-3-5-7-14)20(27)23-15-8-11-18(28-2)17(22)12-15/h3-8,11-12,16,19H,9-10H2,1-2H3,(H,23,27)/t19-/m0/s1. The quantitative estimate of drug-likeness (QED) is 0.533. The van der Waals surface area contributed by atoms with Crippen LogP contribution in [0.15, 0.2) is 53.7 Å². The first-order valence-corrected chi connectivity index (χ1v) is 10.6. The Morgan fingerprint density at radius 2 is 2.00 bits per heavy atom. The molecule has 0 bridgehead atoms. The fourth-order valence-electron chi connectivity index (χ4n) is 3.14. The first-order valence-electron chi connectivity index (χ1n) is 9.34. The highest BCUT2D eigenvalue weighted by Crippen LogP contribution is 2.42. The van der Waals surface area contributed by atoms with Gasteiger partial charge in [0.2, 0.25) is 5.91 Å². The molecular formula is C21H21ClN4O2S.